The van der Waals surface area contributed by atoms with Gasteiger partial charge in [-0.15, -0.1) is 0 Å². The van der Waals surface area contributed by atoms with E-state index in [1.807, 2.05) is 0 Å². The maximum Gasteiger partial charge on any atom is 0.253 e. The normalized spacial score (nSPS) is 20.4. The van der Waals surface area contributed by atoms with E-state index >= 15 is 0 Å². The van der Waals surface area contributed by atoms with E-state index in [9.17, 15) is 4.79 Å². The van der Waals surface area contributed by atoms with Crippen molar-refractivity contribution in [2.24, 2.45) is 5.73 Å². The Balaban J connectivity index is 2.15. The van der Waals surface area contributed by atoms with Gasteiger partial charge in [-0.25, -0.2) is 0 Å². The lowest BCUT2D eigenvalue weighted by atomic mass is 10.1. The van der Waals surface area contributed by atoms with E-state index in [4.69, 9.17) is 28.9 Å². The Morgan fingerprint density at radius 2 is 2.12 bits per heavy atom. The van der Waals surface area contributed by atoms with E-state index in [0.29, 0.717) is 22.2 Å². The van der Waals surface area contributed by atoms with Gasteiger partial charge in [-0.2, -0.15) is 0 Å². The second-order valence-electron chi connectivity index (χ2n) is 4.28. The van der Waals surface area contributed by atoms with Crippen LogP contribution in [0.5, 0.6) is 0 Å². The third-order valence-corrected chi connectivity index (χ3v) is 3.65. The van der Waals surface area contributed by atoms with Crippen LogP contribution in [0.1, 0.15) is 23.2 Å². The Kier molecular flexibility index (Phi) is 3.92. The van der Waals surface area contributed by atoms with Gasteiger partial charge in [0.1, 0.15) is 0 Å². The van der Waals surface area contributed by atoms with Crippen LogP contribution in [0.2, 0.25) is 10.0 Å². The summed E-state index contributed by atoms with van der Waals surface area (Å²) in [6, 6.07) is 5.01. The van der Waals surface area contributed by atoms with Crippen LogP contribution in [0.3, 0.4) is 0 Å². The highest BCUT2D eigenvalue weighted by atomic mass is 35.5. The first kappa shape index (κ1) is 12.7. The molecule has 1 aliphatic rings. The predicted octanol–water partition coefficient (Wildman–Crippen LogP) is 2.56. The minimum absolute atomic E-state index is 0.0290. The molecule has 1 saturated heterocycles. The van der Waals surface area contributed by atoms with Gasteiger partial charge in [0.2, 0.25) is 0 Å². The molecule has 1 heterocycles. The lowest BCUT2D eigenvalue weighted by molar-refractivity contribution is 0.0709. The van der Waals surface area contributed by atoms with Crippen molar-refractivity contribution < 1.29 is 4.79 Å². The van der Waals surface area contributed by atoms with Crippen LogP contribution in [-0.4, -0.2) is 29.9 Å². The molecule has 0 radical (unpaired) electrons. The lowest BCUT2D eigenvalue weighted by Crippen LogP contribution is -2.45. The van der Waals surface area contributed by atoms with Crippen molar-refractivity contribution >= 4 is 29.1 Å². The second kappa shape index (κ2) is 5.25. The number of rotatable bonds is 1. The Labute approximate surface area is 110 Å². The highest BCUT2D eigenvalue weighted by molar-refractivity contribution is 6.42. The molecule has 0 aliphatic carbocycles. The van der Waals surface area contributed by atoms with Crippen molar-refractivity contribution in [1.29, 1.82) is 0 Å². The molecule has 1 aromatic carbocycles. The molecule has 3 nitrogen and oxygen atoms in total. The largest absolute Gasteiger partial charge is 0.337 e. The maximum absolute atomic E-state index is 12.2. The van der Waals surface area contributed by atoms with E-state index in [-0.39, 0.29) is 11.9 Å². The summed E-state index contributed by atoms with van der Waals surface area (Å²) in [7, 11) is 0. The monoisotopic (exact) mass is 272 g/mol. The van der Waals surface area contributed by atoms with E-state index < -0.39 is 0 Å². The zero-order valence-corrected chi connectivity index (χ0v) is 10.8. The molecule has 0 spiro atoms. The molecule has 1 aromatic rings. The van der Waals surface area contributed by atoms with Crippen LogP contribution < -0.4 is 5.73 Å². The molecule has 0 saturated carbocycles. The fraction of sp³-hybridized carbons (Fsp3) is 0.417. The topological polar surface area (TPSA) is 46.3 Å². The van der Waals surface area contributed by atoms with Crippen LogP contribution in [0.4, 0.5) is 0 Å². The van der Waals surface area contributed by atoms with Gasteiger partial charge in [-0.05, 0) is 31.0 Å². The minimum Gasteiger partial charge on any atom is -0.337 e. The van der Waals surface area contributed by atoms with E-state index in [1.54, 1.807) is 23.1 Å². The summed E-state index contributed by atoms with van der Waals surface area (Å²) in [5.74, 6) is -0.0290. The number of halogens is 2. The third kappa shape index (κ3) is 2.92. The first-order valence-electron chi connectivity index (χ1n) is 5.58. The van der Waals surface area contributed by atoms with Crippen LogP contribution in [0, 0.1) is 0 Å². The van der Waals surface area contributed by atoms with Crippen LogP contribution in [0.25, 0.3) is 0 Å². The SMILES string of the molecule is NC1CCCN(C(=O)c2ccc(Cl)c(Cl)c2)C1. The summed E-state index contributed by atoms with van der Waals surface area (Å²) < 4.78 is 0. The summed E-state index contributed by atoms with van der Waals surface area (Å²) >= 11 is 11.7. The minimum atomic E-state index is -0.0290. The van der Waals surface area contributed by atoms with E-state index in [2.05, 4.69) is 0 Å². The van der Waals surface area contributed by atoms with Gasteiger partial charge >= 0.3 is 0 Å². The van der Waals surface area contributed by atoms with Crippen molar-refractivity contribution in [1.82, 2.24) is 4.90 Å². The number of nitrogens with two attached hydrogens (primary N) is 1. The first-order chi connectivity index (χ1) is 8.08. The fourth-order valence-corrected chi connectivity index (χ4v) is 2.30. The predicted molar refractivity (Wildman–Crippen MR) is 69.6 cm³/mol. The third-order valence-electron chi connectivity index (χ3n) is 2.91. The van der Waals surface area contributed by atoms with Gasteiger partial charge < -0.3 is 10.6 Å². The van der Waals surface area contributed by atoms with Crippen molar-refractivity contribution in [2.45, 2.75) is 18.9 Å². The summed E-state index contributed by atoms with van der Waals surface area (Å²) in [6.07, 6.45) is 1.93. The van der Waals surface area contributed by atoms with Gasteiger partial charge in [-0.3, -0.25) is 4.79 Å². The number of piperidine rings is 1. The summed E-state index contributed by atoms with van der Waals surface area (Å²) in [5.41, 5.74) is 6.42. The highest BCUT2D eigenvalue weighted by Crippen LogP contribution is 2.23. The van der Waals surface area contributed by atoms with Crippen LogP contribution in [-0.2, 0) is 0 Å². The Hall–Kier alpha value is -0.770. The van der Waals surface area contributed by atoms with Crippen LogP contribution in [0.15, 0.2) is 18.2 Å². The molecule has 1 amide bonds. The lowest BCUT2D eigenvalue weighted by Gasteiger charge is -2.30. The van der Waals surface area contributed by atoms with Crippen molar-refractivity contribution in [3.63, 3.8) is 0 Å². The molecule has 1 unspecified atom stereocenters. The molecule has 0 aromatic heterocycles. The van der Waals surface area contributed by atoms with E-state index in [0.717, 1.165) is 19.4 Å². The number of hydrogen-bond donors (Lipinski definition) is 1. The van der Waals surface area contributed by atoms with Crippen molar-refractivity contribution in [3.8, 4) is 0 Å². The fourth-order valence-electron chi connectivity index (χ4n) is 2.01. The number of carbonyl (C=O) groups is 1. The molecule has 0 bridgehead atoms. The molecule has 2 rings (SSSR count). The van der Waals surface area contributed by atoms with Gasteiger partial charge in [-0.1, -0.05) is 23.2 Å². The standard InChI is InChI=1S/C12H14Cl2N2O/c13-10-4-3-8(6-11(10)14)12(17)16-5-1-2-9(15)7-16/h3-4,6,9H,1-2,5,7,15H2. The molecule has 5 heteroatoms. The second-order valence-corrected chi connectivity index (χ2v) is 5.10. The number of nitrogens with zero attached hydrogens (tertiary/aromatic N) is 1. The number of hydrogen-bond acceptors (Lipinski definition) is 2. The molecule has 2 N–H and O–H groups in total. The summed E-state index contributed by atoms with van der Waals surface area (Å²) in [4.78, 5) is 13.9. The average molecular weight is 273 g/mol. The zero-order chi connectivity index (χ0) is 12.4. The summed E-state index contributed by atoms with van der Waals surface area (Å²) in [6.45, 7) is 1.37. The molecule has 17 heavy (non-hydrogen) atoms. The summed E-state index contributed by atoms with van der Waals surface area (Å²) in [5, 5.41) is 0.859. The van der Waals surface area contributed by atoms with Gasteiger partial charge in [0.05, 0.1) is 10.0 Å². The zero-order valence-electron chi connectivity index (χ0n) is 9.33. The quantitative estimate of drug-likeness (QED) is 0.854. The Bertz CT molecular complexity index is 437. The van der Waals surface area contributed by atoms with E-state index in [1.165, 1.54) is 0 Å². The van der Waals surface area contributed by atoms with Crippen LogP contribution >= 0.6 is 23.2 Å². The van der Waals surface area contributed by atoms with Gasteiger partial charge in [0.15, 0.2) is 0 Å². The first-order valence-corrected chi connectivity index (χ1v) is 6.33. The molecule has 92 valence electrons. The number of likely N-dealkylation sites (tertiary alicyclic amines) is 1. The number of amides is 1. The molecule has 1 atom stereocenters. The smallest absolute Gasteiger partial charge is 0.253 e. The molecule has 1 fully saturated rings. The maximum atomic E-state index is 12.2. The van der Waals surface area contributed by atoms with Crippen molar-refractivity contribution in [2.75, 3.05) is 13.1 Å². The Morgan fingerprint density at radius 3 is 2.76 bits per heavy atom. The Morgan fingerprint density at radius 1 is 1.35 bits per heavy atom. The number of benzene rings is 1. The highest BCUT2D eigenvalue weighted by Gasteiger charge is 2.22. The molecular formula is C12H14Cl2N2O. The van der Waals surface area contributed by atoms with Crippen molar-refractivity contribution in [3.05, 3.63) is 33.8 Å². The molecular weight excluding hydrogens is 259 g/mol. The van der Waals surface area contributed by atoms with Gasteiger partial charge in [0, 0.05) is 24.7 Å². The average Bonchev–Trinajstić information content (AvgIpc) is 2.32. The van der Waals surface area contributed by atoms with Gasteiger partial charge in [0.25, 0.3) is 5.91 Å². The molecule has 1 aliphatic heterocycles. The number of carbonyl (C=O) groups excluding carboxylic acids is 1.